The van der Waals surface area contributed by atoms with E-state index in [9.17, 15) is 9.90 Å². The molecule has 0 spiro atoms. The summed E-state index contributed by atoms with van der Waals surface area (Å²) in [6.07, 6.45) is 3.27. The second-order valence-corrected chi connectivity index (χ2v) is 13.1. The molecular weight excluding hydrogens is 728 g/mol. The van der Waals surface area contributed by atoms with Crippen molar-refractivity contribution in [3.8, 4) is 33.6 Å². The van der Waals surface area contributed by atoms with Crippen molar-refractivity contribution in [2.45, 2.75) is 19.0 Å². The molecule has 0 bridgehead atoms. The standard InChI is InChI=1S/C40H28BrClN6O3/c1-25-43-37(42)36(39(49)50)47(25)23-32-29-21-22-51-24-33(29)35(41)34(32)30-19-11-12-20-31(30)38-44-46-48(45-38)40(26-13-5-2-6-14-26,27-15-7-3-8-16-27)28-17-9-4-10-18-28/h2-22,24H,23H2,1H3,(H,49,50). The lowest BCUT2D eigenvalue weighted by molar-refractivity contribution is 0.0685. The highest BCUT2D eigenvalue weighted by Gasteiger charge is 2.41. The number of rotatable bonds is 9. The molecule has 11 heteroatoms. The van der Waals surface area contributed by atoms with E-state index in [1.165, 1.54) is 0 Å². The first-order valence-corrected chi connectivity index (χ1v) is 17.3. The van der Waals surface area contributed by atoms with Gasteiger partial charge in [0.2, 0.25) is 5.82 Å². The molecule has 2 aliphatic rings. The number of imidazole rings is 1. The Labute approximate surface area is 306 Å². The van der Waals surface area contributed by atoms with Gasteiger partial charge in [0, 0.05) is 21.2 Å². The van der Waals surface area contributed by atoms with Crippen LogP contribution >= 0.6 is 27.5 Å². The number of hydrogen-bond acceptors (Lipinski definition) is 6. The number of aromatic carboxylic acids is 1. The Hall–Kier alpha value is -5.84. The minimum absolute atomic E-state index is 0.0635. The third-order valence-corrected chi connectivity index (χ3v) is 10.3. The average molecular weight is 756 g/mol. The molecule has 0 amide bonds. The van der Waals surface area contributed by atoms with Gasteiger partial charge in [0.25, 0.3) is 0 Å². The Kier molecular flexibility index (Phi) is 8.33. The van der Waals surface area contributed by atoms with Crippen molar-refractivity contribution in [2.75, 3.05) is 0 Å². The number of aryl methyl sites for hydroxylation is 1. The van der Waals surface area contributed by atoms with Gasteiger partial charge < -0.3 is 14.1 Å². The van der Waals surface area contributed by atoms with Crippen LogP contribution in [0.25, 0.3) is 33.6 Å². The summed E-state index contributed by atoms with van der Waals surface area (Å²) in [6.45, 7) is 1.92. The molecule has 51 heavy (non-hydrogen) atoms. The van der Waals surface area contributed by atoms with Gasteiger partial charge in [-0.1, -0.05) is 127 Å². The molecule has 0 unspecified atom stereocenters. The van der Waals surface area contributed by atoms with Crippen LogP contribution in [0.2, 0.25) is 5.15 Å². The third-order valence-electron chi connectivity index (χ3n) is 9.23. The van der Waals surface area contributed by atoms with Gasteiger partial charge in [-0.2, -0.15) is 0 Å². The first-order valence-electron chi connectivity index (χ1n) is 16.1. The SMILES string of the molecule is Cc1nc(Cl)c(C(=O)O)n1Cc1c2ccocc-2c(Br)c1-c1ccccc1-c1nnn(C(c2ccccc2)(c2ccccc2)c2ccccc2)n1. The van der Waals surface area contributed by atoms with Crippen molar-refractivity contribution in [2.24, 2.45) is 0 Å². The van der Waals surface area contributed by atoms with E-state index in [-0.39, 0.29) is 17.4 Å². The molecule has 6 aromatic rings. The molecule has 1 aliphatic carbocycles. The number of benzene rings is 4. The predicted octanol–water partition coefficient (Wildman–Crippen LogP) is 9.21. The minimum atomic E-state index is -1.16. The van der Waals surface area contributed by atoms with Crippen molar-refractivity contribution in [1.29, 1.82) is 0 Å². The van der Waals surface area contributed by atoms with Crippen molar-refractivity contribution in [3.05, 3.63) is 177 Å². The van der Waals surface area contributed by atoms with E-state index >= 15 is 0 Å². The van der Waals surface area contributed by atoms with Crippen molar-refractivity contribution >= 4 is 33.5 Å². The summed E-state index contributed by atoms with van der Waals surface area (Å²) in [6, 6.07) is 40.3. The van der Waals surface area contributed by atoms with Crippen LogP contribution in [0.1, 0.15) is 38.6 Å². The first kappa shape index (κ1) is 32.4. The Morgan fingerprint density at radius 2 is 1.37 bits per heavy atom. The van der Waals surface area contributed by atoms with E-state index in [2.05, 4.69) is 57.3 Å². The van der Waals surface area contributed by atoms with E-state index < -0.39 is 11.5 Å². The maximum absolute atomic E-state index is 12.3. The van der Waals surface area contributed by atoms with Crippen LogP contribution in [0.4, 0.5) is 0 Å². The molecule has 0 fully saturated rings. The molecule has 1 N–H and O–H groups in total. The number of hydrogen-bond donors (Lipinski definition) is 1. The highest BCUT2D eigenvalue weighted by Crippen LogP contribution is 2.49. The molecule has 4 aromatic carbocycles. The number of aromatic nitrogens is 6. The average Bonchev–Trinajstić information content (AvgIpc) is 3.84. The summed E-state index contributed by atoms with van der Waals surface area (Å²) in [7, 11) is 0. The fourth-order valence-electron chi connectivity index (χ4n) is 6.98. The zero-order valence-corrected chi connectivity index (χ0v) is 29.5. The predicted molar refractivity (Wildman–Crippen MR) is 198 cm³/mol. The van der Waals surface area contributed by atoms with E-state index in [4.69, 9.17) is 31.4 Å². The lowest BCUT2D eigenvalue weighted by Crippen LogP contribution is -2.39. The zero-order chi connectivity index (χ0) is 35.1. The molecule has 3 heterocycles. The van der Waals surface area contributed by atoms with Crippen LogP contribution in [0, 0.1) is 6.92 Å². The maximum atomic E-state index is 12.3. The molecule has 0 atom stereocenters. The van der Waals surface area contributed by atoms with Gasteiger partial charge >= 0.3 is 5.97 Å². The van der Waals surface area contributed by atoms with E-state index in [0.29, 0.717) is 11.6 Å². The van der Waals surface area contributed by atoms with Gasteiger partial charge in [-0.05, 0) is 67.5 Å². The Balaban J connectivity index is 1.35. The lowest BCUT2D eigenvalue weighted by atomic mass is 9.77. The molecule has 0 saturated carbocycles. The molecular formula is C40H28BrClN6O3. The molecule has 8 rings (SSSR count). The number of tetrazole rings is 1. The minimum Gasteiger partial charge on any atom is -0.476 e. The number of halogens is 2. The van der Waals surface area contributed by atoms with E-state index in [1.807, 2.05) is 84.9 Å². The molecule has 9 nitrogen and oxygen atoms in total. The zero-order valence-electron chi connectivity index (χ0n) is 27.1. The summed E-state index contributed by atoms with van der Waals surface area (Å²) in [5.74, 6) is -0.267. The number of nitrogens with zero attached hydrogens (tertiary/aromatic N) is 6. The molecule has 1 aliphatic heterocycles. The van der Waals surface area contributed by atoms with E-state index in [0.717, 1.165) is 54.5 Å². The molecule has 250 valence electrons. The quantitative estimate of drug-likeness (QED) is 0.146. The van der Waals surface area contributed by atoms with Crippen LogP contribution in [0.3, 0.4) is 0 Å². The van der Waals surface area contributed by atoms with Gasteiger partial charge in [-0.3, -0.25) is 0 Å². The summed E-state index contributed by atoms with van der Waals surface area (Å²) in [5.41, 5.74) is 6.83. The first-order chi connectivity index (χ1) is 24.9. The Bertz CT molecular complexity index is 2380. The van der Waals surface area contributed by atoms with Crippen LogP contribution in [-0.2, 0) is 12.1 Å². The summed E-state index contributed by atoms with van der Waals surface area (Å²) >= 11 is 10.2. The molecule has 0 saturated heterocycles. The third kappa shape index (κ3) is 5.35. The highest BCUT2D eigenvalue weighted by atomic mass is 79.9. The van der Waals surface area contributed by atoms with Gasteiger partial charge in [0.05, 0.1) is 19.1 Å². The molecule has 0 radical (unpaired) electrons. The monoisotopic (exact) mass is 754 g/mol. The van der Waals surface area contributed by atoms with Crippen LogP contribution in [0.5, 0.6) is 0 Å². The fourth-order valence-corrected chi connectivity index (χ4v) is 8.04. The van der Waals surface area contributed by atoms with Crippen LogP contribution in [-0.4, -0.2) is 40.8 Å². The largest absolute Gasteiger partial charge is 0.476 e. The number of carboxylic acids is 1. The second kappa shape index (κ2) is 13.1. The summed E-state index contributed by atoms with van der Waals surface area (Å²) < 4.78 is 7.99. The van der Waals surface area contributed by atoms with Gasteiger partial charge in [0.1, 0.15) is 5.82 Å². The van der Waals surface area contributed by atoms with Gasteiger partial charge in [-0.15, -0.1) is 15.0 Å². The summed E-state index contributed by atoms with van der Waals surface area (Å²) in [4.78, 5) is 18.3. The smallest absolute Gasteiger partial charge is 0.355 e. The Morgan fingerprint density at radius 1 is 0.804 bits per heavy atom. The van der Waals surface area contributed by atoms with Crippen molar-refractivity contribution in [1.82, 2.24) is 29.8 Å². The van der Waals surface area contributed by atoms with Crippen LogP contribution in [0.15, 0.2) is 143 Å². The topological polar surface area (TPSA) is 112 Å². The number of carbonyl (C=O) groups is 1. The van der Waals surface area contributed by atoms with Gasteiger partial charge in [0.15, 0.2) is 16.4 Å². The number of fused-ring (bicyclic) bond motifs is 1. The second-order valence-electron chi connectivity index (χ2n) is 12.0. The highest BCUT2D eigenvalue weighted by molar-refractivity contribution is 9.10. The lowest BCUT2D eigenvalue weighted by Gasteiger charge is -2.34. The van der Waals surface area contributed by atoms with Crippen LogP contribution < -0.4 is 0 Å². The maximum Gasteiger partial charge on any atom is 0.355 e. The Morgan fingerprint density at radius 3 is 1.96 bits per heavy atom. The fraction of sp³-hybridized carbons (Fsp3) is 0.0750. The van der Waals surface area contributed by atoms with Gasteiger partial charge in [-0.25, -0.2) is 9.78 Å². The summed E-state index contributed by atoms with van der Waals surface area (Å²) in [5, 5.41) is 24.7. The normalized spacial score (nSPS) is 11.7. The molecule has 2 aromatic heterocycles. The van der Waals surface area contributed by atoms with E-state index in [1.54, 1.807) is 28.8 Å². The van der Waals surface area contributed by atoms with Crippen molar-refractivity contribution < 1.29 is 14.3 Å². The number of carboxylic acid groups (broad SMARTS) is 1. The van der Waals surface area contributed by atoms with Crippen molar-refractivity contribution in [3.63, 3.8) is 0 Å².